The minimum absolute atomic E-state index is 0.229. The average molecular weight is 327 g/mol. The summed E-state index contributed by atoms with van der Waals surface area (Å²) in [6.07, 6.45) is 0.575. The van der Waals surface area contributed by atoms with Crippen molar-refractivity contribution in [2.24, 2.45) is 5.92 Å². The standard InChI is InChI=1S/C21H29NO2/c1-4-21(23)17(2)14-22(3)15-19-11-8-12-20(13-19)24-16-18-9-6-5-7-10-18/h5-13,17,21,23H,4,14-16H2,1-3H3/t17-,21-/m1/s1. The Morgan fingerprint density at radius 1 is 1.04 bits per heavy atom. The summed E-state index contributed by atoms with van der Waals surface area (Å²) in [6.45, 7) is 6.44. The summed E-state index contributed by atoms with van der Waals surface area (Å²) in [4.78, 5) is 2.25. The zero-order valence-electron chi connectivity index (χ0n) is 15.0. The number of ether oxygens (including phenoxy) is 1. The summed E-state index contributed by atoms with van der Waals surface area (Å²) >= 11 is 0. The SMILES string of the molecule is CC[C@@H](O)[C@H](C)CN(C)Cc1cccc(OCc2ccccc2)c1. The zero-order valence-corrected chi connectivity index (χ0v) is 15.0. The summed E-state index contributed by atoms with van der Waals surface area (Å²) in [6, 6.07) is 18.4. The Labute approximate surface area is 145 Å². The van der Waals surface area contributed by atoms with Gasteiger partial charge in [0.05, 0.1) is 6.10 Å². The summed E-state index contributed by atoms with van der Waals surface area (Å²) in [5.41, 5.74) is 2.39. The lowest BCUT2D eigenvalue weighted by atomic mass is 10.0. The first-order chi connectivity index (χ1) is 11.6. The largest absolute Gasteiger partial charge is 0.489 e. The molecule has 0 bridgehead atoms. The molecule has 0 saturated carbocycles. The second-order valence-corrected chi connectivity index (χ2v) is 6.57. The molecule has 0 spiro atoms. The Hall–Kier alpha value is -1.84. The van der Waals surface area contributed by atoms with Gasteiger partial charge < -0.3 is 14.7 Å². The molecule has 2 aromatic carbocycles. The Morgan fingerprint density at radius 3 is 2.46 bits per heavy atom. The van der Waals surface area contributed by atoms with Gasteiger partial charge in [0.2, 0.25) is 0 Å². The van der Waals surface area contributed by atoms with E-state index < -0.39 is 0 Å². The van der Waals surface area contributed by atoms with Crippen LogP contribution in [0.4, 0.5) is 0 Å². The van der Waals surface area contributed by atoms with E-state index in [1.807, 2.05) is 37.3 Å². The molecule has 0 aliphatic carbocycles. The monoisotopic (exact) mass is 327 g/mol. The fourth-order valence-corrected chi connectivity index (χ4v) is 2.87. The van der Waals surface area contributed by atoms with E-state index in [1.54, 1.807) is 0 Å². The molecule has 0 radical (unpaired) electrons. The molecule has 2 atom stereocenters. The molecule has 0 heterocycles. The normalized spacial score (nSPS) is 13.7. The van der Waals surface area contributed by atoms with E-state index in [2.05, 4.69) is 43.1 Å². The molecule has 0 amide bonds. The maximum Gasteiger partial charge on any atom is 0.120 e. The molecule has 2 aromatic rings. The van der Waals surface area contributed by atoms with E-state index in [9.17, 15) is 5.11 Å². The van der Waals surface area contributed by atoms with Gasteiger partial charge in [0.1, 0.15) is 12.4 Å². The lowest BCUT2D eigenvalue weighted by molar-refractivity contribution is 0.0899. The topological polar surface area (TPSA) is 32.7 Å². The van der Waals surface area contributed by atoms with Gasteiger partial charge in [0.15, 0.2) is 0 Å². The molecular weight excluding hydrogens is 298 g/mol. The molecule has 0 aliphatic heterocycles. The average Bonchev–Trinajstić information content (AvgIpc) is 2.60. The Morgan fingerprint density at radius 2 is 1.75 bits per heavy atom. The highest BCUT2D eigenvalue weighted by molar-refractivity contribution is 5.29. The summed E-state index contributed by atoms with van der Waals surface area (Å²) < 4.78 is 5.89. The highest BCUT2D eigenvalue weighted by Gasteiger charge is 2.14. The van der Waals surface area contributed by atoms with Gasteiger partial charge in [-0.25, -0.2) is 0 Å². The first-order valence-corrected chi connectivity index (χ1v) is 8.70. The third-order valence-corrected chi connectivity index (χ3v) is 4.27. The third kappa shape index (κ3) is 5.99. The van der Waals surface area contributed by atoms with Crippen molar-refractivity contribution in [2.75, 3.05) is 13.6 Å². The van der Waals surface area contributed by atoms with Crippen molar-refractivity contribution in [3.8, 4) is 5.75 Å². The van der Waals surface area contributed by atoms with Gasteiger partial charge in [0, 0.05) is 13.1 Å². The predicted octanol–water partition coefficient (Wildman–Crippen LogP) is 4.10. The maximum atomic E-state index is 9.92. The van der Waals surface area contributed by atoms with E-state index >= 15 is 0 Å². The van der Waals surface area contributed by atoms with Gasteiger partial charge in [-0.2, -0.15) is 0 Å². The number of nitrogens with zero attached hydrogens (tertiary/aromatic N) is 1. The van der Waals surface area contributed by atoms with Crippen LogP contribution in [0.1, 0.15) is 31.4 Å². The molecule has 0 unspecified atom stereocenters. The van der Waals surface area contributed by atoms with E-state index in [0.717, 1.165) is 25.3 Å². The Kier molecular flexibility index (Phi) is 7.29. The van der Waals surface area contributed by atoms with Crippen LogP contribution in [0.25, 0.3) is 0 Å². The molecular formula is C21H29NO2. The van der Waals surface area contributed by atoms with Crippen molar-refractivity contribution >= 4 is 0 Å². The first-order valence-electron chi connectivity index (χ1n) is 8.70. The second kappa shape index (κ2) is 9.45. The molecule has 0 aromatic heterocycles. The highest BCUT2D eigenvalue weighted by Crippen LogP contribution is 2.17. The smallest absolute Gasteiger partial charge is 0.120 e. The second-order valence-electron chi connectivity index (χ2n) is 6.57. The van der Waals surface area contributed by atoms with Gasteiger partial charge in [-0.05, 0) is 42.6 Å². The molecule has 3 heteroatoms. The molecule has 130 valence electrons. The number of hydrogen-bond acceptors (Lipinski definition) is 3. The van der Waals surface area contributed by atoms with Crippen molar-refractivity contribution in [1.29, 1.82) is 0 Å². The lowest BCUT2D eigenvalue weighted by Gasteiger charge is -2.24. The summed E-state index contributed by atoms with van der Waals surface area (Å²) in [7, 11) is 2.09. The third-order valence-electron chi connectivity index (χ3n) is 4.27. The molecule has 0 saturated heterocycles. The molecule has 1 N–H and O–H groups in total. The van der Waals surface area contributed by atoms with Gasteiger partial charge >= 0.3 is 0 Å². The number of aliphatic hydroxyl groups is 1. The number of rotatable bonds is 9. The van der Waals surface area contributed by atoms with Gasteiger partial charge in [-0.15, -0.1) is 0 Å². The summed E-state index contributed by atoms with van der Waals surface area (Å²) in [5, 5.41) is 9.92. The zero-order chi connectivity index (χ0) is 17.4. The number of hydrogen-bond donors (Lipinski definition) is 1. The fraction of sp³-hybridized carbons (Fsp3) is 0.429. The lowest BCUT2D eigenvalue weighted by Crippen LogP contribution is -2.30. The van der Waals surface area contributed by atoms with Crippen LogP contribution in [-0.2, 0) is 13.2 Å². The van der Waals surface area contributed by atoms with Gasteiger partial charge in [-0.3, -0.25) is 0 Å². The summed E-state index contributed by atoms with van der Waals surface area (Å²) in [5.74, 6) is 1.17. The van der Waals surface area contributed by atoms with Crippen LogP contribution < -0.4 is 4.74 Å². The Bertz CT molecular complexity index is 600. The molecule has 24 heavy (non-hydrogen) atoms. The first kappa shape index (κ1) is 18.5. The quantitative estimate of drug-likeness (QED) is 0.752. The van der Waals surface area contributed by atoms with Crippen LogP contribution >= 0.6 is 0 Å². The highest BCUT2D eigenvalue weighted by atomic mass is 16.5. The predicted molar refractivity (Wildman–Crippen MR) is 99.0 cm³/mol. The molecule has 2 rings (SSSR count). The van der Waals surface area contributed by atoms with Crippen LogP contribution in [0.15, 0.2) is 54.6 Å². The molecule has 0 fully saturated rings. The van der Waals surface area contributed by atoms with Crippen LogP contribution in [0.5, 0.6) is 5.75 Å². The van der Waals surface area contributed by atoms with E-state index in [1.165, 1.54) is 11.1 Å². The fourth-order valence-electron chi connectivity index (χ4n) is 2.87. The minimum Gasteiger partial charge on any atom is -0.489 e. The number of aliphatic hydroxyl groups excluding tert-OH is 1. The van der Waals surface area contributed by atoms with Gasteiger partial charge in [-0.1, -0.05) is 56.3 Å². The molecule has 3 nitrogen and oxygen atoms in total. The minimum atomic E-state index is -0.229. The van der Waals surface area contributed by atoms with Crippen LogP contribution in [0.3, 0.4) is 0 Å². The van der Waals surface area contributed by atoms with Crippen molar-refractivity contribution in [1.82, 2.24) is 4.90 Å². The van der Waals surface area contributed by atoms with Crippen LogP contribution in [-0.4, -0.2) is 29.7 Å². The van der Waals surface area contributed by atoms with Crippen molar-refractivity contribution in [3.05, 3.63) is 65.7 Å². The van der Waals surface area contributed by atoms with Crippen LogP contribution in [0, 0.1) is 5.92 Å². The van der Waals surface area contributed by atoms with Crippen molar-refractivity contribution in [2.45, 2.75) is 39.5 Å². The van der Waals surface area contributed by atoms with E-state index in [-0.39, 0.29) is 12.0 Å². The maximum absolute atomic E-state index is 9.92. The van der Waals surface area contributed by atoms with E-state index in [4.69, 9.17) is 4.74 Å². The van der Waals surface area contributed by atoms with Crippen LogP contribution in [0.2, 0.25) is 0 Å². The molecule has 0 aliphatic rings. The number of benzene rings is 2. The van der Waals surface area contributed by atoms with Gasteiger partial charge in [0.25, 0.3) is 0 Å². The van der Waals surface area contributed by atoms with E-state index in [0.29, 0.717) is 6.61 Å². The Balaban J connectivity index is 1.87. The van der Waals surface area contributed by atoms with Crippen molar-refractivity contribution < 1.29 is 9.84 Å². The van der Waals surface area contributed by atoms with Crippen molar-refractivity contribution in [3.63, 3.8) is 0 Å².